The lowest BCUT2D eigenvalue weighted by Gasteiger charge is -2.15. The van der Waals surface area contributed by atoms with Crippen molar-refractivity contribution >= 4 is 40.2 Å². The molecule has 2 heterocycles. The van der Waals surface area contributed by atoms with Crippen molar-refractivity contribution in [3.05, 3.63) is 63.9 Å². The normalized spacial score (nSPS) is 13.3. The average molecular weight is 526 g/mol. The van der Waals surface area contributed by atoms with E-state index in [1.54, 1.807) is 0 Å². The molecule has 1 fully saturated rings. The zero-order chi connectivity index (χ0) is 25.1. The van der Waals surface area contributed by atoms with Gasteiger partial charge in [-0.3, -0.25) is 0 Å². The molecule has 2 N–H and O–H groups in total. The molecule has 1 aliphatic carbocycles. The van der Waals surface area contributed by atoms with E-state index in [0.29, 0.717) is 47.6 Å². The number of ether oxygens (including phenoxy) is 1. The van der Waals surface area contributed by atoms with E-state index in [1.165, 1.54) is 12.8 Å². The SMILES string of the molecule is Cc1ccc(OCCCO)c(-c2nc3nc(Cl)nc(NCCC4CC4)c3n2Cc2ccc(Cl)cc2)c1. The molecule has 4 aromatic rings. The minimum Gasteiger partial charge on any atom is -0.493 e. The first-order valence-corrected chi connectivity index (χ1v) is 13.0. The molecule has 0 aliphatic heterocycles. The van der Waals surface area contributed by atoms with Crippen LogP contribution in [0, 0.1) is 12.8 Å². The van der Waals surface area contributed by atoms with Gasteiger partial charge in [0.1, 0.15) is 17.1 Å². The Morgan fingerprint density at radius 2 is 1.89 bits per heavy atom. The summed E-state index contributed by atoms with van der Waals surface area (Å²) < 4.78 is 8.16. The van der Waals surface area contributed by atoms with E-state index in [4.69, 9.17) is 32.9 Å². The highest BCUT2D eigenvalue weighted by Gasteiger charge is 2.23. The molecule has 36 heavy (non-hydrogen) atoms. The summed E-state index contributed by atoms with van der Waals surface area (Å²) in [5.41, 5.74) is 4.31. The number of aliphatic hydroxyl groups is 1. The first-order chi connectivity index (χ1) is 17.5. The molecule has 0 unspecified atom stereocenters. The van der Waals surface area contributed by atoms with Gasteiger partial charge in [-0.1, -0.05) is 48.2 Å². The lowest BCUT2D eigenvalue weighted by molar-refractivity contribution is 0.234. The maximum atomic E-state index is 9.22. The van der Waals surface area contributed by atoms with Crippen LogP contribution in [-0.4, -0.2) is 44.4 Å². The second kappa shape index (κ2) is 11.0. The molecular weight excluding hydrogens is 497 g/mol. The van der Waals surface area contributed by atoms with Crippen LogP contribution >= 0.6 is 23.2 Å². The molecule has 0 bridgehead atoms. The molecule has 2 aromatic carbocycles. The number of rotatable bonds is 11. The third kappa shape index (κ3) is 5.75. The van der Waals surface area contributed by atoms with E-state index in [1.807, 2.05) is 43.3 Å². The second-order valence-electron chi connectivity index (χ2n) is 9.25. The van der Waals surface area contributed by atoms with Crippen LogP contribution in [0.2, 0.25) is 10.3 Å². The van der Waals surface area contributed by atoms with Crippen molar-refractivity contribution in [1.29, 1.82) is 0 Å². The van der Waals surface area contributed by atoms with E-state index in [2.05, 4.69) is 25.9 Å². The van der Waals surface area contributed by atoms with Gasteiger partial charge in [0.15, 0.2) is 11.5 Å². The Bertz CT molecular complexity index is 1350. The molecule has 0 atom stereocenters. The van der Waals surface area contributed by atoms with E-state index >= 15 is 0 Å². The minimum atomic E-state index is 0.0697. The van der Waals surface area contributed by atoms with Gasteiger partial charge in [0, 0.05) is 31.1 Å². The first kappa shape index (κ1) is 24.8. The molecule has 5 rings (SSSR count). The van der Waals surface area contributed by atoms with Gasteiger partial charge in [0.2, 0.25) is 5.28 Å². The summed E-state index contributed by atoms with van der Waals surface area (Å²) in [6, 6.07) is 13.8. The standard InChI is InChI=1S/C27H29Cl2N5O2/c1-17-3-10-22(36-14-2-13-35)21(15-17)26-31-25-23(34(26)16-19-6-8-20(28)9-7-19)24(32-27(29)33-25)30-12-11-18-4-5-18/h3,6-10,15,18,35H,2,4-5,11-14,16H2,1H3,(H,30,32,33). The highest BCUT2D eigenvalue weighted by molar-refractivity contribution is 6.30. The van der Waals surface area contributed by atoms with Gasteiger partial charge in [-0.15, -0.1) is 0 Å². The Labute approximate surface area is 220 Å². The van der Waals surface area contributed by atoms with Crippen LogP contribution in [0.15, 0.2) is 42.5 Å². The highest BCUT2D eigenvalue weighted by Crippen LogP contribution is 2.36. The highest BCUT2D eigenvalue weighted by atomic mass is 35.5. The van der Waals surface area contributed by atoms with Crippen LogP contribution in [0.5, 0.6) is 5.75 Å². The zero-order valence-electron chi connectivity index (χ0n) is 20.2. The number of fused-ring (bicyclic) bond motifs is 1. The molecule has 0 radical (unpaired) electrons. The van der Waals surface area contributed by atoms with Crippen LogP contribution in [0.3, 0.4) is 0 Å². The molecule has 2 aromatic heterocycles. The van der Waals surface area contributed by atoms with Crippen LogP contribution in [0.1, 0.15) is 36.8 Å². The third-order valence-electron chi connectivity index (χ3n) is 6.31. The number of nitrogens with zero attached hydrogens (tertiary/aromatic N) is 4. The Balaban J connectivity index is 1.64. The number of benzene rings is 2. The first-order valence-electron chi connectivity index (χ1n) is 12.3. The summed E-state index contributed by atoms with van der Waals surface area (Å²) in [5, 5.41) is 13.6. The number of aliphatic hydroxyl groups excluding tert-OH is 1. The van der Waals surface area contributed by atoms with E-state index in [9.17, 15) is 5.11 Å². The van der Waals surface area contributed by atoms with Crippen LogP contribution < -0.4 is 10.1 Å². The minimum absolute atomic E-state index is 0.0697. The number of aryl methyl sites for hydroxylation is 1. The van der Waals surface area contributed by atoms with Crippen molar-refractivity contribution in [3.8, 4) is 17.1 Å². The topological polar surface area (TPSA) is 85.1 Å². The molecule has 188 valence electrons. The van der Waals surface area contributed by atoms with Crippen molar-refractivity contribution in [2.24, 2.45) is 5.92 Å². The van der Waals surface area contributed by atoms with Gasteiger partial charge < -0.3 is 19.7 Å². The van der Waals surface area contributed by atoms with Crippen molar-refractivity contribution in [3.63, 3.8) is 0 Å². The molecule has 1 saturated carbocycles. The quantitative estimate of drug-likeness (QED) is 0.181. The number of nitrogens with one attached hydrogen (secondary N) is 1. The van der Waals surface area contributed by atoms with E-state index < -0.39 is 0 Å². The smallest absolute Gasteiger partial charge is 0.226 e. The van der Waals surface area contributed by atoms with Crippen LogP contribution in [0.25, 0.3) is 22.6 Å². The van der Waals surface area contributed by atoms with E-state index in [0.717, 1.165) is 41.1 Å². The van der Waals surface area contributed by atoms with Crippen LogP contribution in [-0.2, 0) is 6.54 Å². The summed E-state index contributed by atoms with van der Waals surface area (Å²) in [5.74, 6) is 2.88. The Kier molecular flexibility index (Phi) is 7.60. The average Bonchev–Trinajstić information content (AvgIpc) is 3.61. The summed E-state index contributed by atoms with van der Waals surface area (Å²) in [7, 11) is 0. The predicted molar refractivity (Wildman–Crippen MR) is 144 cm³/mol. The van der Waals surface area contributed by atoms with Gasteiger partial charge in [-0.25, -0.2) is 4.98 Å². The third-order valence-corrected chi connectivity index (χ3v) is 6.73. The summed E-state index contributed by atoms with van der Waals surface area (Å²) in [6.07, 6.45) is 4.24. The molecule has 0 spiro atoms. The van der Waals surface area contributed by atoms with Crippen LogP contribution in [0.4, 0.5) is 5.82 Å². The fourth-order valence-electron chi connectivity index (χ4n) is 4.26. The van der Waals surface area contributed by atoms with Gasteiger partial charge in [0.25, 0.3) is 0 Å². The summed E-state index contributed by atoms with van der Waals surface area (Å²) in [4.78, 5) is 13.9. The Morgan fingerprint density at radius 3 is 2.64 bits per heavy atom. The largest absolute Gasteiger partial charge is 0.493 e. The summed E-state index contributed by atoms with van der Waals surface area (Å²) in [6.45, 7) is 3.86. The fraction of sp³-hybridized carbons (Fsp3) is 0.370. The number of halogens is 2. The van der Waals surface area contributed by atoms with Crippen molar-refractivity contribution in [2.75, 3.05) is 25.1 Å². The molecule has 0 saturated heterocycles. The second-order valence-corrected chi connectivity index (χ2v) is 10.0. The molecule has 1 aliphatic rings. The summed E-state index contributed by atoms with van der Waals surface area (Å²) >= 11 is 12.5. The molecular formula is C27H29Cl2N5O2. The van der Waals surface area contributed by atoms with E-state index in [-0.39, 0.29) is 11.9 Å². The lowest BCUT2D eigenvalue weighted by Crippen LogP contribution is -2.09. The van der Waals surface area contributed by atoms with Crippen molar-refractivity contribution < 1.29 is 9.84 Å². The number of hydrogen-bond acceptors (Lipinski definition) is 6. The van der Waals surface area contributed by atoms with Crippen molar-refractivity contribution in [2.45, 2.75) is 39.2 Å². The van der Waals surface area contributed by atoms with Gasteiger partial charge in [-0.2, -0.15) is 9.97 Å². The number of hydrogen-bond donors (Lipinski definition) is 2. The fourth-order valence-corrected chi connectivity index (χ4v) is 4.55. The molecule has 7 nitrogen and oxygen atoms in total. The number of aromatic nitrogens is 4. The maximum absolute atomic E-state index is 9.22. The molecule has 9 heteroatoms. The Hall–Kier alpha value is -2.87. The lowest BCUT2D eigenvalue weighted by atomic mass is 10.1. The molecule has 0 amide bonds. The zero-order valence-corrected chi connectivity index (χ0v) is 21.7. The predicted octanol–water partition coefficient (Wildman–Crippen LogP) is 6.13. The van der Waals surface area contributed by atoms with Crippen molar-refractivity contribution in [1.82, 2.24) is 19.5 Å². The monoisotopic (exact) mass is 525 g/mol. The van der Waals surface area contributed by atoms with Gasteiger partial charge >= 0.3 is 0 Å². The maximum Gasteiger partial charge on any atom is 0.226 e. The number of anilines is 1. The number of imidazole rings is 1. The van der Waals surface area contributed by atoms with Gasteiger partial charge in [-0.05, 0) is 60.7 Å². The van der Waals surface area contributed by atoms with Gasteiger partial charge in [0.05, 0.1) is 12.2 Å². The Morgan fingerprint density at radius 1 is 1.08 bits per heavy atom.